The highest BCUT2D eigenvalue weighted by Crippen LogP contribution is 2.33. The Labute approximate surface area is 288 Å². The Kier molecular flexibility index (Phi) is 13.3. The van der Waals surface area contributed by atoms with Crippen molar-refractivity contribution in [1.82, 2.24) is 10.2 Å². The van der Waals surface area contributed by atoms with Crippen LogP contribution < -0.4 is 26.3 Å². The van der Waals surface area contributed by atoms with E-state index in [9.17, 15) is 19.5 Å². The van der Waals surface area contributed by atoms with Gasteiger partial charge in [-0.25, -0.2) is 4.79 Å². The summed E-state index contributed by atoms with van der Waals surface area (Å²) in [7, 11) is 2.96. The molecule has 0 fully saturated rings. The number of aliphatic carboxylic acids is 1. The predicted octanol–water partition coefficient (Wildman–Crippen LogP) is 4.71. The molecule has 1 aliphatic rings. The third-order valence-electron chi connectivity index (χ3n) is 8.41. The van der Waals surface area contributed by atoms with Gasteiger partial charge in [0.1, 0.15) is 36.8 Å². The second-order valence-electron chi connectivity index (χ2n) is 11.9. The van der Waals surface area contributed by atoms with E-state index < -0.39 is 35.9 Å². The van der Waals surface area contributed by atoms with Crippen LogP contribution in [0.5, 0.6) is 11.5 Å². The maximum atomic E-state index is 13.7. The Morgan fingerprint density at radius 1 is 0.816 bits per heavy atom. The molecule has 2 amide bonds. The van der Waals surface area contributed by atoms with Crippen LogP contribution in [0.15, 0.2) is 97.1 Å². The van der Waals surface area contributed by atoms with Crippen molar-refractivity contribution in [2.45, 2.75) is 63.9 Å². The maximum Gasteiger partial charge on any atom is 0.326 e. The summed E-state index contributed by atoms with van der Waals surface area (Å²) in [6.45, 7) is 2.52. The van der Waals surface area contributed by atoms with Gasteiger partial charge in [0.2, 0.25) is 11.8 Å². The van der Waals surface area contributed by atoms with Gasteiger partial charge >= 0.3 is 5.97 Å². The van der Waals surface area contributed by atoms with Gasteiger partial charge in [-0.15, -0.1) is 0 Å². The Morgan fingerprint density at radius 2 is 1.31 bits per heavy atom. The number of nitrogens with one attached hydrogen (secondary N) is 1. The Morgan fingerprint density at radius 3 is 1.78 bits per heavy atom. The lowest BCUT2D eigenvalue weighted by Crippen LogP contribution is -2.55. The number of carboxylic acids is 1. The molecule has 5 rings (SSSR count). The first-order valence-corrected chi connectivity index (χ1v) is 16.5. The lowest BCUT2D eigenvalue weighted by Gasteiger charge is -2.30. The number of hydrogen-bond acceptors (Lipinski definition) is 7. The number of nitrogens with zero attached hydrogens (tertiary/aromatic N) is 1. The van der Waals surface area contributed by atoms with Crippen LogP contribution in [0.3, 0.4) is 0 Å². The van der Waals surface area contributed by atoms with Crippen LogP contribution in [0, 0.1) is 0 Å². The van der Waals surface area contributed by atoms with Gasteiger partial charge in [-0.1, -0.05) is 86.1 Å². The van der Waals surface area contributed by atoms with Crippen molar-refractivity contribution in [3.8, 4) is 22.6 Å². The fourth-order valence-electron chi connectivity index (χ4n) is 5.74. The number of carboxylic acid groups (broad SMARTS) is 1. The molecule has 3 atom stereocenters. The Balaban J connectivity index is 0.00000265. The second kappa shape index (κ2) is 17.8. The SMILES string of the molecule is CCC[C@@H]1NC(=O)C(N)Cc2cc(ccc2OCc2ccccc2)-c2ccc(OCc3ccccc3)c(c2)CC(C(=O)O)N(C)C1=O.CN. The monoisotopic (exact) mass is 666 g/mol. The van der Waals surface area contributed by atoms with Gasteiger partial charge in [-0.3, -0.25) is 9.59 Å². The van der Waals surface area contributed by atoms with Gasteiger partial charge in [0, 0.05) is 19.9 Å². The fraction of sp³-hybridized carbons (Fsp3) is 0.308. The average Bonchev–Trinajstić information content (AvgIpc) is 3.13. The maximum absolute atomic E-state index is 13.7. The molecule has 10 nitrogen and oxygen atoms in total. The smallest absolute Gasteiger partial charge is 0.326 e. The van der Waals surface area contributed by atoms with E-state index >= 15 is 0 Å². The van der Waals surface area contributed by atoms with Crippen molar-refractivity contribution in [2.75, 3.05) is 14.1 Å². The number of carbonyl (C=O) groups excluding carboxylic acids is 2. The second-order valence-corrected chi connectivity index (χ2v) is 11.9. The van der Waals surface area contributed by atoms with Gasteiger partial charge in [-0.05, 0) is 71.1 Å². The molecule has 1 heterocycles. The molecule has 49 heavy (non-hydrogen) atoms. The third kappa shape index (κ3) is 9.68. The Bertz CT molecular complexity index is 1700. The topological polar surface area (TPSA) is 157 Å². The van der Waals surface area contributed by atoms with Crippen LogP contribution in [0.4, 0.5) is 0 Å². The highest BCUT2D eigenvalue weighted by molar-refractivity contribution is 5.92. The summed E-state index contributed by atoms with van der Waals surface area (Å²) in [5.41, 5.74) is 15.9. The van der Waals surface area contributed by atoms with E-state index in [1.54, 1.807) is 0 Å². The van der Waals surface area contributed by atoms with E-state index in [1.807, 2.05) is 104 Å². The zero-order chi connectivity index (χ0) is 35.3. The molecule has 0 saturated carbocycles. The van der Waals surface area contributed by atoms with E-state index in [1.165, 1.54) is 19.0 Å². The summed E-state index contributed by atoms with van der Waals surface area (Å²) in [6, 6.07) is 27.8. The zero-order valence-electron chi connectivity index (χ0n) is 28.3. The molecular weight excluding hydrogens is 620 g/mol. The molecule has 0 aromatic heterocycles. The van der Waals surface area contributed by atoms with E-state index in [2.05, 4.69) is 11.1 Å². The van der Waals surface area contributed by atoms with Crippen LogP contribution in [-0.4, -0.2) is 60.0 Å². The van der Waals surface area contributed by atoms with Crippen LogP contribution in [0.25, 0.3) is 11.1 Å². The first-order chi connectivity index (χ1) is 23.7. The number of hydrogen-bond donors (Lipinski definition) is 4. The molecule has 0 aliphatic carbocycles. The molecule has 0 radical (unpaired) electrons. The summed E-state index contributed by atoms with van der Waals surface area (Å²) in [4.78, 5) is 41.0. The number of likely N-dealkylation sites (N-methyl/N-ethyl adjacent to an activating group) is 1. The highest BCUT2D eigenvalue weighted by atomic mass is 16.5. The van der Waals surface area contributed by atoms with Gasteiger partial charge in [0.25, 0.3) is 0 Å². The van der Waals surface area contributed by atoms with E-state index in [-0.39, 0.29) is 12.8 Å². The molecule has 6 N–H and O–H groups in total. The molecule has 4 aromatic rings. The number of ether oxygens (including phenoxy) is 2. The summed E-state index contributed by atoms with van der Waals surface area (Å²) < 4.78 is 12.5. The Hall–Kier alpha value is -5.19. The lowest BCUT2D eigenvalue weighted by molar-refractivity contribution is -0.150. The van der Waals surface area contributed by atoms with Gasteiger partial charge in [0.15, 0.2) is 0 Å². The molecule has 4 bridgehead atoms. The number of fused-ring (bicyclic) bond motifs is 5. The van der Waals surface area contributed by atoms with Gasteiger partial charge in [-0.2, -0.15) is 0 Å². The summed E-state index contributed by atoms with van der Waals surface area (Å²) in [5.74, 6) is -1.03. The summed E-state index contributed by atoms with van der Waals surface area (Å²) >= 11 is 0. The molecule has 2 unspecified atom stereocenters. The zero-order valence-corrected chi connectivity index (χ0v) is 28.3. The molecular formula is C39H46N4O6. The number of amides is 2. The van der Waals surface area contributed by atoms with Crippen molar-refractivity contribution >= 4 is 17.8 Å². The van der Waals surface area contributed by atoms with Crippen LogP contribution in [0.1, 0.15) is 42.0 Å². The van der Waals surface area contributed by atoms with Crippen molar-refractivity contribution < 1.29 is 29.0 Å². The average molecular weight is 667 g/mol. The van der Waals surface area contributed by atoms with Crippen LogP contribution in [-0.2, 0) is 40.4 Å². The molecule has 0 saturated heterocycles. The minimum Gasteiger partial charge on any atom is -0.489 e. The fourth-order valence-corrected chi connectivity index (χ4v) is 5.74. The number of carbonyl (C=O) groups is 3. The highest BCUT2D eigenvalue weighted by Gasteiger charge is 2.33. The quantitative estimate of drug-likeness (QED) is 0.200. The van der Waals surface area contributed by atoms with Crippen molar-refractivity contribution in [1.29, 1.82) is 0 Å². The van der Waals surface area contributed by atoms with Gasteiger partial charge in [0.05, 0.1) is 6.04 Å². The summed E-state index contributed by atoms with van der Waals surface area (Å²) in [5, 5.41) is 13.1. The van der Waals surface area contributed by atoms with E-state index in [0.29, 0.717) is 43.1 Å². The van der Waals surface area contributed by atoms with Crippen molar-refractivity contribution in [3.63, 3.8) is 0 Å². The van der Waals surface area contributed by atoms with E-state index in [0.717, 1.165) is 27.8 Å². The molecule has 1 aliphatic heterocycles. The largest absolute Gasteiger partial charge is 0.489 e. The number of nitrogens with two attached hydrogens (primary N) is 2. The van der Waals surface area contributed by atoms with Crippen molar-refractivity contribution in [2.24, 2.45) is 11.5 Å². The minimum absolute atomic E-state index is 0.00698. The normalized spacial score (nSPS) is 17.8. The molecule has 10 heteroatoms. The van der Waals surface area contributed by atoms with Crippen LogP contribution >= 0.6 is 0 Å². The molecule has 258 valence electrons. The standard InChI is InChI=1S/C38H41N3O6.CH5N/c1-3-10-32-37(43)41(2)33(38(44)45)22-30-20-28(16-18-35(30)47-24-26-13-8-5-9-14-26)27-15-17-34(46-23-25-11-6-4-7-12-25)29(19-27)21-31(39)36(42)40-32;1-2/h4-9,11-20,31-33H,3,10,21-24,39H2,1-2H3,(H,40,42)(H,44,45);2H2,1H3/t31?,32-,33?;/m0./s1. The van der Waals surface area contributed by atoms with Crippen LogP contribution in [0.2, 0.25) is 0 Å². The number of rotatable bonds is 9. The first-order valence-electron chi connectivity index (χ1n) is 16.5. The lowest BCUT2D eigenvalue weighted by atomic mass is 9.95. The molecule has 0 spiro atoms. The first kappa shape index (κ1) is 36.6. The summed E-state index contributed by atoms with van der Waals surface area (Å²) in [6.07, 6.45) is 1.08. The van der Waals surface area contributed by atoms with E-state index in [4.69, 9.17) is 15.2 Å². The third-order valence-corrected chi connectivity index (χ3v) is 8.41. The minimum atomic E-state index is -1.21. The molecule has 4 aromatic carbocycles. The predicted molar refractivity (Wildman–Crippen MR) is 190 cm³/mol. The van der Waals surface area contributed by atoms with Crippen molar-refractivity contribution in [3.05, 3.63) is 119 Å². The number of benzene rings is 4. The van der Waals surface area contributed by atoms with Gasteiger partial charge < -0.3 is 36.3 Å².